The number of pyridine rings is 1. The van der Waals surface area contributed by atoms with Gasteiger partial charge in [-0.3, -0.25) is 9.59 Å². The molecule has 2 amide bonds. The molecular weight excluding hydrogens is 515 g/mol. The van der Waals surface area contributed by atoms with Crippen LogP contribution in [-0.4, -0.2) is 47.6 Å². The molecule has 37 heavy (non-hydrogen) atoms. The minimum Gasteiger partial charge on any atom is -0.349 e. The predicted molar refractivity (Wildman–Crippen MR) is 139 cm³/mol. The average molecular weight is 539 g/mol. The lowest BCUT2D eigenvalue weighted by molar-refractivity contribution is 0.0936. The van der Waals surface area contributed by atoms with Gasteiger partial charge in [-0.05, 0) is 68.5 Å². The van der Waals surface area contributed by atoms with Gasteiger partial charge in [-0.2, -0.15) is 20.1 Å². The Hall–Kier alpha value is -3.76. The second kappa shape index (κ2) is 10.3. The van der Waals surface area contributed by atoms with Crippen LogP contribution >= 0.6 is 23.2 Å². The van der Waals surface area contributed by atoms with Crippen molar-refractivity contribution >= 4 is 40.7 Å². The number of rotatable bonds is 8. The highest BCUT2D eigenvalue weighted by atomic mass is 35.5. The van der Waals surface area contributed by atoms with E-state index in [9.17, 15) is 9.59 Å². The Labute approximate surface area is 223 Å². The number of hydrogen-bond donors (Lipinski definition) is 2. The molecule has 1 unspecified atom stereocenters. The lowest BCUT2D eigenvalue weighted by atomic mass is 10.1. The van der Waals surface area contributed by atoms with Crippen LogP contribution in [0.3, 0.4) is 0 Å². The Balaban J connectivity index is 1.50. The first-order valence-corrected chi connectivity index (χ1v) is 12.5. The monoisotopic (exact) mass is 538 g/mol. The van der Waals surface area contributed by atoms with Crippen LogP contribution in [0.15, 0.2) is 48.9 Å². The van der Waals surface area contributed by atoms with E-state index in [0.717, 1.165) is 12.8 Å². The Kier molecular flexibility index (Phi) is 6.94. The Morgan fingerprint density at radius 3 is 2.57 bits per heavy atom. The second-order valence-electron chi connectivity index (χ2n) is 9.00. The topological polar surface area (TPSA) is 120 Å². The summed E-state index contributed by atoms with van der Waals surface area (Å²) in [5.74, 6) is -0.0314. The second-order valence-corrected chi connectivity index (χ2v) is 9.84. The molecule has 2 N–H and O–H groups in total. The van der Waals surface area contributed by atoms with E-state index in [1.807, 2.05) is 6.92 Å². The Bertz CT molecular complexity index is 1460. The summed E-state index contributed by atoms with van der Waals surface area (Å²) in [4.78, 5) is 32.6. The predicted octanol–water partition coefficient (Wildman–Crippen LogP) is 4.30. The molecule has 1 fully saturated rings. The summed E-state index contributed by atoms with van der Waals surface area (Å²) in [5, 5.41) is 19.4. The van der Waals surface area contributed by atoms with Crippen molar-refractivity contribution in [1.82, 2.24) is 35.1 Å². The standard InChI is InChI=1S/C25H24Cl2N8O2/c1-14-10-17(26)11-19(24(36)31-15(2)16-5-6-16)22(14)32-25(37)21-12-18(13-34-29-8-9-30-34)33-35(21)23-20(27)4-3-7-28-23/h3-4,7-12,15-16H,5-6,13H2,1-2H3,(H,31,36)(H,32,37). The third kappa shape index (κ3) is 5.50. The van der Waals surface area contributed by atoms with Crippen molar-refractivity contribution in [3.63, 3.8) is 0 Å². The zero-order chi connectivity index (χ0) is 26.1. The molecule has 0 radical (unpaired) electrons. The maximum absolute atomic E-state index is 13.6. The van der Waals surface area contributed by atoms with Gasteiger partial charge >= 0.3 is 0 Å². The number of carbonyl (C=O) groups is 2. The maximum atomic E-state index is 13.6. The van der Waals surface area contributed by atoms with Crippen LogP contribution in [0.4, 0.5) is 5.69 Å². The molecule has 1 aliphatic rings. The first-order valence-electron chi connectivity index (χ1n) is 11.8. The molecule has 0 aliphatic heterocycles. The minimum atomic E-state index is -0.497. The van der Waals surface area contributed by atoms with E-state index in [-0.39, 0.29) is 35.6 Å². The molecule has 1 saturated carbocycles. The number of hydrogen-bond acceptors (Lipinski definition) is 6. The first-order chi connectivity index (χ1) is 17.8. The van der Waals surface area contributed by atoms with Crippen LogP contribution < -0.4 is 10.6 Å². The van der Waals surface area contributed by atoms with Gasteiger partial charge in [-0.25, -0.2) is 9.67 Å². The summed E-state index contributed by atoms with van der Waals surface area (Å²) >= 11 is 12.7. The lowest BCUT2D eigenvalue weighted by Gasteiger charge is -2.18. The van der Waals surface area contributed by atoms with E-state index in [1.54, 1.807) is 55.8 Å². The van der Waals surface area contributed by atoms with E-state index in [2.05, 4.69) is 30.9 Å². The van der Waals surface area contributed by atoms with Gasteiger partial charge in [0.25, 0.3) is 11.8 Å². The zero-order valence-electron chi connectivity index (χ0n) is 20.2. The molecule has 1 aliphatic carbocycles. The minimum absolute atomic E-state index is 0.0292. The highest BCUT2D eigenvalue weighted by Gasteiger charge is 2.30. The van der Waals surface area contributed by atoms with Crippen molar-refractivity contribution in [3.05, 3.63) is 81.5 Å². The average Bonchev–Trinajstić information content (AvgIpc) is 3.44. The molecular formula is C25H24Cl2N8O2. The first kappa shape index (κ1) is 24.9. The molecule has 5 rings (SSSR count). The molecule has 1 atom stereocenters. The molecule has 4 aromatic rings. The summed E-state index contributed by atoms with van der Waals surface area (Å²) in [6.45, 7) is 4.00. The fraction of sp³-hybridized carbons (Fsp3) is 0.280. The number of anilines is 1. The third-order valence-corrected chi connectivity index (χ3v) is 6.69. The van der Waals surface area contributed by atoms with Crippen LogP contribution in [0.5, 0.6) is 0 Å². The van der Waals surface area contributed by atoms with Crippen LogP contribution in [0.2, 0.25) is 10.0 Å². The summed E-state index contributed by atoms with van der Waals surface area (Å²) < 4.78 is 1.37. The van der Waals surface area contributed by atoms with Gasteiger partial charge in [0.15, 0.2) is 5.82 Å². The van der Waals surface area contributed by atoms with Gasteiger partial charge in [0, 0.05) is 17.3 Å². The van der Waals surface area contributed by atoms with Gasteiger partial charge < -0.3 is 10.6 Å². The fourth-order valence-corrected chi connectivity index (χ4v) is 4.57. The van der Waals surface area contributed by atoms with Crippen molar-refractivity contribution in [3.8, 4) is 5.82 Å². The molecule has 190 valence electrons. The van der Waals surface area contributed by atoms with Crippen LogP contribution in [0.1, 0.15) is 51.9 Å². The van der Waals surface area contributed by atoms with Gasteiger partial charge in [0.05, 0.1) is 34.4 Å². The zero-order valence-corrected chi connectivity index (χ0v) is 21.7. The van der Waals surface area contributed by atoms with E-state index >= 15 is 0 Å². The van der Waals surface area contributed by atoms with Crippen molar-refractivity contribution in [2.45, 2.75) is 39.3 Å². The van der Waals surface area contributed by atoms with E-state index in [0.29, 0.717) is 32.9 Å². The van der Waals surface area contributed by atoms with E-state index in [4.69, 9.17) is 23.2 Å². The van der Waals surface area contributed by atoms with Crippen molar-refractivity contribution in [2.24, 2.45) is 5.92 Å². The Morgan fingerprint density at radius 2 is 1.86 bits per heavy atom. The van der Waals surface area contributed by atoms with Crippen molar-refractivity contribution < 1.29 is 9.59 Å². The summed E-state index contributed by atoms with van der Waals surface area (Å²) in [6, 6.07) is 8.25. The molecule has 1 aromatic carbocycles. The van der Waals surface area contributed by atoms with Crippen LogP contribution in [-0.2, 0) is 6.54 Å². The maximum Gasteiger partial charge on any atom is 0.274 e. The molecule has 12 heteroatoms. The SMILES string of the molecule is Cc1cc(Cl)cc(C(=O)NC(C)C2CC2)c1NC(=O)c1cc(Cn2nccn2)nn1-c1ncccc1Cl. The van der Waals surface area contributed by atoms with Gasteiger partial charge in [-0.15, -0.1) is 0 Å². The molecule has 0 spiro atoms. The number of halogens is 2. The molecule has 0 bridgehead atoms. The highest BCUT2D eigenvalue weighted by molar-refractivity contribution is 6.32. The van der Waals surface area contributed by atoms with Crippen LogP contribution in [0, 0.1) is 12.8 Å². The largest absolute Gasteiger partial charge is 0.349 e. The number of nitrogens with one attached hydrogen (secondary N) is 2. The Morgan fingerprint density at radius 1 is 1.11 bits per heavy atom. The molecule has 3 aromatic heterocycles. The molecule has 0 saturated heterocycles. The highest BCUT2D eigenvalue weighted by Crippen LogP contribution is 2.33. The molecule has 3 heterocycles. The number of amides is 2. The van der Waals surface area contributed by atoms with E-state index < -0.39 is 5.91 Å². The lowest BCUT2D eigenvalue weighted by Crippen LogP contribution is -2.34. The van der Waals surface area contributed by atoms with Crippen LogP contribution in [0.25, 0.3) is 5.82 Å². The van der Waals surface area contributed by atoms with Crippen molar-refractivity contribution in [1.29, 1.82) is 0 Å². The summed E-state index contributed by atoms with van der Waals surface area (Å²) in [7, 11) is 0. The number of aromatic nitrogens is 6. The fourth-order valence-electron chi connectivity index (χ4n) is 4.10. The quantitative estimate of drug-likeness (QED) is 0.345. The third-order valence-electron chi connectivity index (χ3n) is 6.17. The smallest absolute Gasteiger partial charge is 0.274 e. The summed E-state index contributed by atoms with van der Waals surface area (Å²) in [6.07, 6.45) is 6.86. The number of carbonyl (C=O) groups excluding carboxylic acids is 2. The van der Waals surface area contributed by atoms with Crippen molar-refractivity contribution in [2.75, 3.05) is 5.32 Å². The van der Waals surface area contributed by atoms with Gasteiger partial charge in [0.2, 0.25) is 0 Å². The molecule has 10 nitrogen and oxygen atoms in total. The van der Waals surface area contributed by atoms with E-state index in [1.165, 1.54) is 9.48 Å². The number of benzene rings is 1. The normalized spacial score (nSPS) is 13.8. The summed E-state index contributed by atoms with van der Waals surface area (Å²) in [5.41, 5.74) is 1.99. The number of nitrogens with zero attached hydrogens (tertiary/aromatic N) is 6. The van der Waals surface area contributed by atoms with Gasteiger partial charge in [0.1, 0.15) is 12.2 Å². The van der Waals surface area contributed by atoms with Gasteiger partial charge in [-0.1, -0.05) is 23.2 Å². The number of aryl methyl sites for hydroxylation is 1.